The summed E-state index contributed by atoms with van der Waals surface area (Å²) in [5.74, 6) is 0. The van der Waals surface area contributed by atoms with Crippen LogP contribution in [0.25, 0.3) is 11.0 Å². The highest BCUT2D eigenvalue weighted by Crippen LogP contribution is 2.24. The van der Waals surface area contributed by atoms with E-state index in [-0.39, 0.29) is 12.0 Å². The summed E-state index contributed by atoms with van der Waals surface area (Å²) in [6.07, 6.45) is 1.71. The number of nitrogens with one attached hydrogen (secondary N) is 2. The first kappa shape index (κ1) is 12.1. The second kappa shape index (κ2) is 4.85. The number of aliphatic hydroxyl groups excluding tert-OH is 1. The lowest BCUT2D eigenvalue weighted by Gasteiger charge is -2.25. The molecule has 0 saturated heterocycles. The van der Waals surface area contributed by atoms with Crippen molar-refractivity contribution in [2.45, 2.75) is 19.3 Å². The second-order valence-electron chi connectivity index (χ2n) is 4.92. The second-order valence-corrected chi connectivity index (χ2v) is 4.92. The molecule has 0 saturated carbocycles. The van der Waals surface area contributed by atoms with E-state index < -0.39 is 0 Å². The van der Waals surface area contributed by atoms with Crippen LogP contribution in [-0.2, 0) is 5.41 Å². The van der Waals surface area contributed by atoms with Gasteiger partial charge in [-0.1, -0.05) is 19.9 Å². The SMILES string of the molecule is CC(C)(CNCCO)c1ccc2nc[nH]c2c1. The number of aromatic amines is 1. The van der Waals surface area contributed by atoms with Gasteiger partial charge in [-0.15, -0.1) is 0 Å². The van der Waals surface area contributed by atoms with Gasteiger partial charge in [0.05, 0.1) is 24.0 Å². The molecule has 0 atom stereocenters. The van der Waals surface area contributed by atoms with Gasteiger partial charge in [-0.3, -0.25) is 0 Å². The Labute approximate surface area is 101 Å². The number of hydrogen-bond donors (Lipinski definition) is 3. The Balaban J connectivity index is 2.18. The van der Waals surface area contributed by atoms with Crippen LogP contribution < -0.4 is 5.32 Å². The van der Waals surface area contributed by atoms with E-state index in [1.807, 2.05) is 6.07 Å². The Morgan fingerprint density at radius 2 is 2.24 bits per heavy atom. The monoisotopic (exact) mass is 233 g/mol. The van der Waals surface area contributed by atoms with Crippen molar-refractivity contribution in [2.24, 2.45) is 0 Å². The van der Waals surface area contributed by atoms with Crippen LogP contribution in [0.5, 0.6) is 0 Å². The fourth-order valence-electron chi connectivity index (χ4n) is 1.94. The van der Waals surface area contributed by atoms with Gasteiger partial charge in [0, 0.05) is 18.5 Å². The Kier molecular flexibility index (Phi) is 3.45. The highest BCUT2D eigenvalue weighted by atomic mass is 16.3. The first-order chi connectivity index (χ1) is 8.13. The summed E-state index contributed by atoms with van der Waals surface area (Å²) in [5.41, 5.74) is 3.36. The van der Waals surface area contributed by atoms with Crippen LogP contribution in [0.3, 0.4) is 0 Å². The molecule has 1 aromatic carbocycles. The molecule has 2 aromatic rings. The van der Waals surface area contributed by atoms with Crippen LogP contribution in [-0.4, -0.2) is 34.8 Å². The summed E-state index contributed by atoms with van der Waals surface area (Å²) >= 11 is 0. The van der Waals surface area contributed by atoms with Gasteiger partial charge in [0.1, 0.15) is 0 Å². The van der Waals surface area contributed by atoms with E-state index in [9.17, 15) is 0 Å². The largest absolute Gasteiger partial charge is 0.395 e. The fraction of sp³-hybridized carbons (Fsp3) is 0.462. The van der Waals surface area contributed by atoms with Crippen molar-refractivity contribution in [1.29, 1.82) is 0 Å². The summed E-state index contributed by atoms with van der Waals surface area (Å²) < 4.78 is 0. The van der Waals surface area contributed by atoms with Crippen molar-refractivity contribution in [3.63, 3.8) is 0 Å². The lowest BCUT2D eigenvalue weighted by atomic mass is 9.84. The first-order valence-corrected chi connectivity index (χ1v) is 5.89. The van der Waals surface area contributed by atoms with Gasteiger partial charge in [0.2, 0.25) is 0 Å². The number of benzene rings is 1. The topological polar surface area (TPSA) is 60.9 Å². The maximum Gasteiger partial charge on any atom is 0.0931 e. The van der Waals surface area contributed by atoms with E-state index in [0.717, 1.165) is 17.6 Å². The quantitative estimate of drug-likeness (QED) is 0.684. The number of H-pyrrole nitrogens is 1. The zero-order valence-electron chi connectivity index (χ0n) is 10.3. The Bertz CT molecular complexity index is 490. The third-order valence-electron chi connectivity index (χ3n) is 3.06. The van der Waals surface area contributed by atoms with Crippen LogP contribution in [0.2, 0.25) is 0 Å². The molecule has 0 radical (unpaired) electrons. The molecule has 0 aliphatic rings. The molecule has 3 N–H and O–H groups in total. The highest BCUT2D eigenvalue weighted by Gasteiger charge is 2.20. The molecular weight excluding hydrogens is 214 g/mol. The molecule has 0 unspecified atom stereocenters. The predicted molar refractivity (Wildman–Crippen MR) is 69.1 cm³/mol. The van der Waals surface area contributed by atoms with Crippen LogP contribution in [0.4, 0.5) is 0 Å². The summed E-state index contributed by atoms with van der Waals surface area (Å²) in [4.78, 5) is 7.34. The molecule has 17 heavy (non-hydrogen) atoms. The predicted octanol–water partition coefficient (Wildman–Crippen LogP) is 1.42. The van der Waals surface area contributed by atoms with Gasteiger partial charge >= 0.3 is 0 Å². The Hall–Kier alpha value is -1.39. The molecule has 0 spiro atoms. The lowest BCUT2D eigenvalue weighted by molar-refractivity contribution is 0.286. The molecule has 0 aliphatic heterocycles. The van der Waals surface area contributed by atoms with Crippen molar-refractivity contribution in [3.05, 3.63) is 30.1 Å². The molecule has 0 amide bonds. The molecule has 0 bridgehead atoms. The molecule has 4 heteroatoms. The van der Waals surface area contributed by atoms with E-state index in [4.69, 9.17) is 5.11 Å². The standard InChI is InChI=1S/C13H19N3O/c1-13(2,8-14-5-6-17)10-3-4-11-12(7-10)16-9-15-11/h3-4,7,9,14,17H,5-6,8H2,1-2H3,(H,15,16). The summed E-state index contributed by atoms with van der Waals surface area (Å²) in [5, 5.41) is 12.0. The zero-order chi connectivity index (χ0) is 12.3. The molecule has 0 aliphatic carbocycles. The van der Waals surface area contributed by atoms with Gasteiger partial charge in [-0.05, 0) is 17.7 Å². The van der Waals surface area contributed by atoms with E-state index in [0.29, 0.717) is 6.54 Å². The van der Waals surface area contributed by atoms with Gasteiger partial charge < -0.3 is 15.4 Å². The molecule has 1 heterocycles. The minimum atomic E-state index is 0.0362. The van der Waals surface area contributed by atoms with Crippen molar-refractivity contribution in [2.75, 3.05) is 19.7 Å². The average Bonchev–Trinajstić information content (AvgIpc) is 2.76. The van der Waals surface area contributed by atoms with E-state index >= 15 is 0 Å². The fourth-order valence-corrected chi connectivity index (χ4v) is 1.94. The van der Waals surface area contributed by atoms with Crippen molar-refractivity contribution in [1.82, 2.24) is 15.3 Å². The first-order valence-electron chi connectivity index (χ1n) is 5.89. The maximum atomic E-state index is 8.77. The lowest BCUT2D eigenvalue weighted by Crippen LogP contribution is -2.34. The summed E-state index contributed by atoms with van der Waals surface area (Å²) in [6, 6.07) is 6.29. The number of nitrogens with zero attached hydrogens (tertiary/aromatic N) is 1. The number of hydrogen-bond acceptors (Lipinski definition) is 3. The third kappa shape index (κ3) is 2.65. The minimum absolute atomic E-state index is 0.0362. The van der Waals surface area contributed by atoms with Crippen molar-refractivity contribution in [3.8, 4) is 0 Å². The van der Waals surface area contributed by atoms with Gasteiger partial charge in [0.15, 0.2) is 0 Å². The van der Waals surface area contributed by atoms with Crippen LogP contribution in [0.1, 0.15) is 19.4 Å². The molecule has 92 valence electrons. The van der Waals surface area contributed by atoms with Crippen LogP contribution >= 0.6 is 0 Å². The van der Waals surface area contributed by atoms with Crippen LogP contribution in [0.15, 0.2) is 24.5 Å². The number of aromatic nitrogens is 2. The smallest absolute Gasteiger partial charge is 0.0931 e. The number of fused-ring (bicyclic) bond motifs is 1. The van der Waals surface area contributed by atoms with Gasteiger partial charge in [0.25, 0.3) is 0 Å². The number of imidazole rings is 1. The Morgan fingerprint density at radius 1 is 1.41 bits per heavy atom. The van der Waals surface area contributed by atoms with E-state index in [1.165, 1.54) is 5.56 Å². The maximum absolute atomic E-state index is 8.77. The molecule has 4 nitrogen and oxygen atoms in total. The van der Waals surface area contributed by atoms with Crippen molar-refractivity contribution >= 4 is 11.0 Å². The van der Waals surface area contributed by atoms with Gasteiger partial charge in [-0.2, -0.15) is 0 Å². The average molecular weight is 233 g/mol. The summed E-state index contributed by atoms with van der Waals surface area (Å²) in [7, 11) is 0. The highest BCUT2D eigenvalue weighted by molar-refractivity contribution is 5.75. The minimum Gasteiger partial charge on any atom is -0.395 e. The number of aliphatic hydroxyl groups is 1. The molecule has 0 fully saturated rings. The van der Waals surface area contributed by atoms with Crippen LogP contribution in [0, 0.1) is 0 Å². The number of rotatable bonds is 5. The molecule has 2 rings (SSSR count). The molecule has 1 aromatic heterocycles. The van der Waals surface area contributed by atoms with Crippen molar-refractivity contribution < 1.29 is 5.11 Å². The normalized spacial score (nSPS) is 12.2. The zero-order valence-corrected chi connectivity index (χ0v) is 10.3. The molecular formula is C13H19N3O. The Morgan fingerprint density at radius 3 is 3.00 bits per heavy atom. The van der Waals surface area contributed by atoms with Gasteiger partial charge in [-0.25, -0.2) is 4.98 Å². The van der Waals surface area contributed by atoms with E-state index in [1.54, 1.807) is 6.33 Å². The van der Waals surface area contributed by atoms with E-state index in [2.05, 4.69) is 41.3 Å². The third-order valence-corrected chi connectivity index (χ3v) is 3.06. The summed E-state index contributed by atoms with van der Waals surface area (Å²) in [6.45, 7) is 6.03.